The molecule has 0 bridgehead atoms. The Balaban J connectivity index is 2.15. The zero-order chi connectivity index (χ0) is 8.81. The highest BCUT2D eigenvalue weighted by molar-refractivity contribution is 4.80. The van der Waals surface area contributed by atoms with Crippen molar-refractivity contribution in [3.8, 4) is 0 Å². The second-order valence-corrected chi connectivity index (χ2v) is 2.42. The summed E-state index contributed by atoms with van der Waals surface area (Å²) < 4.78 is 9.96. The van der Waals surface area contributed by atoms with E-state index in [4.69, 9.17) is 15.0 Å². The number of ether oxygens (including phenoxy) is 1. The molecule has 0 aliphatic heterocycles. The molecule has 0 aromatic carbocycles. The number of hydrogen-bond acceptors (Lipinski definition) is 5. The van der Waals surface area contributed by atoms with Crippen LogP contribution in [0.3, 0.4) is 0 Å². The molecule has 0 radical (unpaired) electrons. The molecular weight excluding hydrogens is 158 g/mol. The normalized spacial score (nSPS) is 10.5. The van der Waals surface area contributed by atoms with Crippen LogP contribution in [0, 0.1) is 6.92 Å². The van der Waals surface area contributed by atoms with E-state index in [2.05, 4.69) is 10.1 Å². The van der Waals surface area contributed by atoms with Gasteiger partial charge in [-0.2, -0.15) is 4.98 Å². The smallest absolute Gasteiger partial charge is 0.223 e. The summed E-state index contributed by atoms with van der Waals surface area (Å²) in [6.45, 7) is 3.43. The van der Waals surface area contributed by atoms with Crippen molar-refractivity contribution in [2.24, 2.45) is 5.73 Å². The van der Waals surface area contributed by atoms with E-state index in [0.717, 1.165) is 6.42 Å². The van der Waals surface area contributed by atoms with Crippen molar-refractivity contribution in [1.82, 2.24) is 10.1 Å². The van der Waals surface area contributed by atoms with Crippen LogP contribution in [0.5, 0.6) is 0 Å². The van der Waals surface area contributed by atoms with E-state index >= 15 is 0 Å². The molecular formula is C7H13N3O2. The molecule has 0 aliphatic rings. The van der Waals surface area contributed by atoms with Gasteiger partial charge in [0.25, 0.3) is 0 Å². The summed E-state index contributed by atoms with van der Waals surface area (Å²) in [6, 6.07) is 0. The maximum absolute atomic E-state index is 5.28. The van der Waals surface area contributed by atoms with E-state index in [1.54, 1.807) is 6.92 Å². The first-order valence-electron chi connectivity index (χ1n) is 3.90. The molecule has 0 spiro atoms. The monoisotopic (exact) mass is 171 g/mol. The van der Waals surface area contributed by atoms with Gasteiger partial charge in [-0.15, -0.1) is 0 Å². The summed E-state index contributed by atoms with van der Waals surface area (Å²) >= 11 is 0. The van der Waals surface area contributed by atoms with Crippen LogP contribution in [0.25, 0.3) is 0 Å². The topological polar surface area (TPSA) is 74.2 Å². The van der Waals surface area contributed by atoms with Gasteiger partial charge in [0.05, 0.1) is 0 Å². The number of nitrogens with zero attached hydrogens (tertiary/aromatic N) is 2. The van der Waals surface area contributed by atoms with Crippen LogP contribution in [0.1, 0.15) is 18.1 Å². The molecule has 2 N–H and O–H groups in total. The molecule has 0 aliphatic carbocycles. The quantitative estimate of drug-likeness (QED) is 0.642. The molecule has 0 amide bonds. The van der Waals surface area contributed by atoms with Crippen LogP contribution >= 0.6 is 0 Å². The summed E-state index contributed by atoms with van der Waals surface area (Å²) in [5, 5.41) is 3.67. The molecule has 1 aromatic rings. The predicted octanol–water partition coefficient (Wildman–Crippen LogP) is 0.243. The van der Waals surface area contributed by atoms with E-state index in [1.165, 1.54) is 0 Å². The van der Waals surface area contributed by atoms with Crippen LogP contribution in [0.4, 0.5) is 0 Å². The van der Waals surface area contributed by atoms with Crippen molar-refractivity contribution in [2.45, 2.75) is 20.0 Å². The number of aromatic nitrogens is 2. The lowest BCUT2D eigenvalue weighted by molar-refractivity contribution is 0.112. The molecule has 12 heavy (non-hydrogen) atoms. The van der Waals surface area contributed by atoms with Crippen molar-refractivity contribution >= 4 is 0 Å². The Hall–Kier alpha value is -0.940. The molecule has 0 atom stereocenters. The van der Waals surface area contributed by atoms with E-state index < -0.39 is 0 Å². The van der Waals surface area contributed by atoms with Gasteiger partial charge in [-0.3, -0.25) is 0 Å². The number of rotatable bonds is 5. The first kappa shape index (κ1) is 9.15. The second kappa shape index (κ2) is 4.84. The Morgan fingerprint density at radius 2 is 2.42 bits per heavy atom. The van der Waals surface area contributed by atoms with Gasteiger partial charge in [0, 0.05) is 13.5 Å². The maximum Gasteiger partial charge on any atom is 0.223 e. The van der Waals surface area contributed by atoms with Gasteiger partial charge in [0.15, 0.2) is 5.82 Å². The Morgan fingerprint density at radius 3 is 3.00 bits per heavy atom. The lowest BCUT2D eigenvalue weighted by Crippen LogP contribution is -2.04. The molecule has 0 fully saturated rings. The third kappa shape index (κ3) is 2.98. The first-order chi connectivity index (χ1) is 5.83. The number of aryl methyl sites for hydroxylation is 1. The van der Waals surface area contributed by atoms with Crippen LogP contribution < -0.4 is 5.73 Å². The Bertz CT molecular complexity index is 224. The lowest BCUT2D eigenvalue weighted by atomic mass is 10.5. The molecule has 0 saturated carbocycles. The molecule has 0 unspecified atom stereocenters. The zero-order valence-electron chi connectivity index (χ0n) is 7.12. The Morgan fingerprint density at radius 1 is 1.58 bits per heavy atom. The third-order valence-corrected chi connectivity index (χ3v) is 1.29. The largest absolute Gasteiger partial charge is 0.373 e. The SMILES string of the molecule is Cc1nc(COCCCN)no1. The highest BCUT2D eigenvalue weighted by Gasteiger charge is 2.00. The van der Waals surface area contributed by atoms with Crippen LogP contribution in [0.2, 0.25) is 0 Å². The van der Waals surface area contributed by atoms with E-state index in [1.807, 2.05) is 0 Å². The molecule has 5 heteroatoms. The van der Waals surface area contributed by atoms with Gasteiger partial charge in [-0.25, -0.2) is 0 Å². The Labute approximate surface area is 70.9 Å². The van der Waals surface area contributed by atoms with Crippen LogP contribution in [0.15, 0.2) is 4.52 Å². The summed E-state index contributed by atoms with van der Waals surface area (Å²) in [4.78, 5) is 3.97. The van der Waals surface area contributed by atoms with E-state index in [0.29, 0.717) is 31.5 Å². The fraction of sp³-hybridized carbons (Fsp3) is 0.714. The van der Waals surface area contributed by atoms with Crippen LogP contribution in [-0.4, -0.2) is 23.3 Å². The van der Waals surface area contributed by atoms with E-state index in [9.17, 15) is 0 Å². The maximum atomic E-state index is 5.28. The van der Waals surface area contributed by atoms with Gasteiger partial charge in [0.2, 0.25) is 5.89 Å². The van der Waals surface area contributed by atoms with Gasteiger partial charge in [-0.05, 0) is 13.0 Å². The number of hydrogen-bond donors (Lipinski definition) is 1. The Kier molecular flexibility index (Phi) is 3.69. The molecule has 1 rings (SSSR count). The highest BCUT2D eigenvalue weighted by atomic mass is 16.5. The average molecular weight is 171 g/mol. The van der Waals surface area contributed by atoms with Crippen molar-refractivity contribution in [3.63, 3.8) is 0 Å². The van der Waals surface area contributed by atoms with Crippen molar-refractivity contribution in [1.29, 1.82) is 0 Å². The summed E-state index contributed by atoms with van der Waals surface area (Å²) in [6.07, 6.45) is 0.858. The van der Waals surface area contributed by atoms with Gasteiger partial charge < -0.3 is 15.0 Å². The minimum atomic E-state index is 0.400. The summed E-state index contributed by atoms with van der Waals surface area (Å²) in [5.41, 5.74) is 5.28. The van der Waals surface area contributed by atoms with Gasteiger partial charge >= 0.3 is 0 Å². The molecule has 5 nitrogen and oxygen atoms in total. The van der Waals surface area contributed by atoms with Gasteiger partial charge in [0.1, 0.15) is 6.61 Å². The fourth-order valence-corrected chi connectivity index (χ4v) is 0.749. The minimum absolute atomic E-state index is 0.400. The average Bonchev–Trinajstić information content (AvgIpc) is 2.45. The third-order valence-electron chi connectivity index (χ3n) is 1.29. The lowest BCUT2D eigenvalue weighted by Gasteiger charge is -1.97. The van der Waals surface area contributed by atoms with Crippen molar-refractivity contribution in [2.75, 3.05) is 13.2 Å². The first-order valence-corrected chi connectivity index (χ1v) is 3.90. The summed E-state index contributed by atoms with van der Waals surface area (Å²) in [5.74, 6) is 1.15. The summed E-state index contributed by atoms with van der Waals surface area (Å²) in [7, 11) is 0. The fourth-order valence-electron chi connectivity index (χ4n) is 0.749. The van der Waals surface area contributed by atoms with Crippen molar-refractivity contribution < 1.29 is 9.26 Å². The molecule has 1 aromatic heterocycles. The van der Waals surface area contributed by atoms with Crippen molar-refractivity contribution in [3.05, 3.63) is 11.7 Å². The standard InChI is InChI=1S/C7H13N3O2/c1-6-9-7(10-12-6)5-11-4-2-3-8/h2-5,8H2,1H3. The predicted molar refractivity (Wildman–Crippen MR) is 42.4 cm³/mol. The minimum Gasteiger partial charge on any atom is -0.373 e. The highest BCUT2D eigenvalue weighted by Crippen LogP contribution is 1.96. The zero-order valence-corrected chi connectivity index (χ0v) is 7.12. The van der Waals surface area contributed by atoms with Crippen LogP contribution in [-0.2, 0) is 11.3 Å². The molecule has 1 heterocycles. The van der Waals surface area contributed by atoms with E-state index in [-0.39, 0.29) is 0 Å². The molecule has 68 valence electrons. The second-order valence-electron chi connectivity index (χ2n) is 2.42. The molecule has 0 saturated heterocycles. The number of nitrogens with two attached hydrogens (primary N) is 1. The van der Waals surface area contributed by atoms with Gasteiger partial charge in [-0.1, -0.05) is 5.16 Å².